The van der Waals surface area contributed by atoms with Gasteiger partial charge in [-0.3, -0.25) is 0 Å². The first kappa shape index (κ1) is 10.4. The van der Waals surface area contributed by atoms with E-state index in [1.807, 2.05) is 3.33 Å². The molecule has 0 aromatic heterocycles. The predicted octanol–water partition coefficient (Wildman–Crippen LogP) is 4.30. The zero-order valence-corrected chi connectivity index (χ0v) is 12.2. The van der Waals surface area contributed by atoms with Crippen LogP contribution in [0.1, 0.15) is 26.2 Å². The van der Waals surface area contributed by atoms with Crippen LogP contribution >= 0.6 is 0 Å². The van der Waals surface area contributed by atoms with E-state index < -0.39 is 20.0 Å². The van der Waals surface area contributed by atoms with E-state index in [0.29, 0.717) is 0 Å². The van der Waals surface area contributed by atoms with Crippen molar-refractivity contribution >= 4 is 0 Å². The summed E-state index contributed by atoms with van der Waals surface area (Å²) in [5.74, 6) is 0. The fourth-order valence-electron chi connectivity index (χ4n) is 1.73. The molecule has 1 heteroatoms. The van der Waals surface area contributed by atoms with E-state index >= 15 is 0 Å². The Morgan fingerprint density at radius 2 is 2.17 bits per heavy atom. The van der Waals surface area contributed by atoms with Gasteiger partial charge in [0.05, 0.1) is 0 Å². The summed E-state index contributed by atoms with van der Waals surface area (Å²) < 4.78 is 8.55. The summed E-state index contributed by atoms with van der Waals surface area (Å²) in [6.07, 6.45) is 11.0. The predicted molar refractivity (Wildman–Crippen MR) is 53.3 cm³/mol. The second kappa shape index (κ2) is 4.55. The molecule has 12 heavy (non-hydrogen) atoms. The van der Waals surface area contributed by atoms with Crippen LogP contribution in [-0.2, 0) is 20.0 Å². The van der Waals surface area contributed by atoms with Crippen molar-refractivity contribution in [3.05, 3.63) is 21.6 Å². The molecule has 0 unspecified atom stereocenters. The van der Waals surface area contributed by atoms with E-state index in [0.717, 1.165) is 0 Å². The number of rotatable bonds is 4. The molecule has 0 saturated carbocycles. The van der Waals surface area contributed by atoms with Crippen molar-refractivity contribution in [2.45, 2.75) is 39.7 Å². The fraction of sp³-hybridized carbons (Fsp3) is 0.636. The van der Waals surface area contributed by atoms with Crippen LogP contribution in [0.4, 0.5) is 0 Å². The summed E-state index contributed by atoms with van der Waals surface area (Å²) in [7, 11) is 0. The van der Waals surface area contributed by atoms with Crippen molar-refractivity contribution in [2.24, 2.45) is 0 Å². The first-order chi connectivity index (χ1) is 5.67. The van der Waals surface area contributed by atoms with Crippen LogP contribution in [-0.4, -0.2) is 0 Å². The van der Waals surface area contributed by atoms with Gasteiger partial charge < -0.3 is 0 Å². The van der Waals surface area contributed by atoms with Gasteiger partial charge in [-0.2, -0.15) is 0 Å². The van der Waals surface area contributed by atoms with Gasteiger partial charge in [0.2, 0.25) is 0 Å². The van der Waals surface area contributed by atoms with E-state index in [9.17, 15) is 0 Å². The Bertz CT molecular complexity index is 199. The molecule has 0 amide bonds. The summed E-state index contributed by atoms with van der Waals surface area (Å²) in [5, 5.41) is 0. The molecule has 68 valence electrons. The average Bonchev–Trinajstić information content (AvgIpc) is 2.53. The molecular weight excluding hydrogens is 311 g/mol. The number of hydrogen-bond acceptors (Lipinski definition) is 0. The second-order valence-corrected chi connectivity index (χ2v) is 22.0. The maximum atomic E-state index is 2.58. The van der Waals surface area contributed by atoms with E-state index in [1.165, 1.54) is 19.3 Å². The van der Waals surface area contributed by atoms with Crippen molar-refractivity contribution in [1.29, 1.82) is 0 Å². The van der Waals surface area contributed by atoms with E-state index in [4.69, 9.17) is 0 Å². The summed E-state index contributed by atoms with van der Waals surface area (Å²) >= 11 is -1.85. The molecule has 1 rings (SSSR count). The van der Waals surface area contributed by atoms with Crippen LogP contribution < -0.4 is 0 Å². The molecule has 0 heterocycles. The molecule has 0 fully saturated rings. The topological polar surface area (TPSA) is 0 Å². The van der Waals surface area contributed by atoms with E-state index in [1.54, 1.807) is 4.18 Å². The van der Waals surface area contributed by atoms with Crippen LogP contribution in [0.2, 0.25) is 13.5 Å². The molecule has 0 aromatic rings. The second-order valence-electron chi connectivity index (χ2n) is 4.31. The Balaban J connectivity index is 2.47. The Kier molecular flexibility index (Phi) is 3.95. The first-order valence-electron chi connectivity index (χ1n) is 5.03. The monoisotopic (exact) mass is 332 g/mol. The Hall–Kier alpha value is 0.350. The average molecular weight is 331 g/mol. The molecule has 0 spiro atoms. The van der Waals surface area contributed by atoms with Crippen molar-refractivity contribution in [3.8, 4) is 0 Å². The van der Waals surface area contributed by atoms with Gasteiger partial charge >= 0.3 is 81.3 Å². The Morgan fingerprint density at radius 3 is 2.67 bits per heavy atom. The van der Waals surface area contributed by atoms with Gasteiger partial charge in [-0.25, -0.2) is 0 Å². The van der Waals surface area contributed by atoms with Crippen LogP contribution in [0.15, 0.2) is 21.6 Å². The van der Waals surface area contributed by atoms with Crippen molar-refractivity contribution < 1.29 is 20.0 Å². The first-order valence-corrected chi connectivity index (χ1v) is 16.5. The van der Waals surface area contributed by atoms with Crippen LogP contribution in [0.25, 0.3) is 0 Å². The molecular formula is C11H20Hf. The van der Waals surface area contributed by atoms with Gasteiger partial charge in [0.15, 0.2) is 0 Å². The zero-order chi connectivity index (χ0) is 9.03. The van der Waals surface area contributed by atoms with Crippen molar-refractivity contribution in [1.82, 2.24) is 0 Å². The summed E-state index contributed by atoms with van der Waals surface area (Å²) in [4.78, 5) is 0. The molecule has 0 radical (unpaired) electrons. The molecule has 1 aliphatic carbocycles. The zero-order valence-electron chi connectivity index (χ0n) is 8.56. The van der Waals surface area contributed by atoms with Crippen molar-refractivity contribution in [2.75, 3.05) is 0 Å². The Morgan fingerprint density at radius 1 is 1.42 bits per heavy atom. The van der Waals surface area contributed by atoms with Crippen LogP contribution in [0.3, 0.4) is 0 Å². The van der Waals surface area contributed by atoms with Gasteiger partial charge in [0.1, 0.15) is 0 Å². The Labute approximate surface area is 81.1 Å². The molecule has 0 N–H and O–H groups in total. The quantitative estimate of drug-likeness (QED) is 0.674. The minimum absolute atomic E-state index is 1.28. The number of allylic oxidation sites excluding steroid dienone is 4. The van der Waals surface area contributed by atoms with Crippen LogP contribution in [0, 0.1) is 0 Å². The molecule has 0 bridgehead atoms. The van der Waals surface area contributed by atoms with Gasteiger partial charge in [0, 0.05) is 0 Å². The molecule has 0 nitrogen and oxygen atoms in total. The third-order valence-electron chi connectivity index (χ3n) is 2.80. The van der Waals surface area contributed by atoms with Crippen LogP contribution in [0.5, 0.6) is 0 Å². The molecule has 0 atom stereocenters. The molecule has 0 saturated heterocycles. The minimum atomic E-state index is -1.85. The van der Waals surface area contributed by atoms with Crippen molar-refractivity contribution in [3.63, 3.8) is 0 Å². The molecule has 0 aliphatic heterocycles. The molecule has 0 aromatic carbocycles. The summed E-state index contributed by atoms with van der Waals surface area (Å²) in [6.45, 7) is 2.30. The van der Waals surface area contributed by atoms with Gasteiger partial charge in [-0.1, -0.05) is 0 Å². The SMILES string of the molecule is CCC[CH2][Hf]([CH3])([CH3])[C]1=CC=CC1. The third kappa shape index (κ3) is 2.69. The third-order valence-corrected chi connectivity index (χ3v) is 16.1. The van der Waals surface area contributed by atoms with E-state index in [-0.39, 0.29) is 0 Å². The fourth-order valence-corrected chi connectivity index (χ4v) is 11.7. The summed E-state index contributed by atoms with van der Waals surface area (Å²) in [5.41, 5.74) is 0. The standard InChI is InChI=1S/C5H5.C4H9.2CH3.Hf/c1-2-4-5-3-1;1-3-4-2;;;/h1-3H,4H2;1,3-4H2,2H3;2*1H3;. The molecule has 1 aliphatic rings. The van der Waals surface area contributed by atoms with Gasteiger partial charge in [-0.15, -0.1) is 0 Å². The van der Waals surface area contributed by atoms with Gasteiger partial charge in [-0.05, 0) is 0 Å². The number of hydrogen-bond donors (Lipinski definition) is 0. The van der Waals surface area contributed by atoms with E-state index in [2.05, 4.69) is 34.5 Å². The normalized spacial score (nSPS) is 16.8. The maximum absolute atomic E-state index is 2.58. The summed E-state index contributed by atoms with van der Waals surface area (Å²) in [6, 6.07) is 0. The van der Waals surface area contributed by atoms with Gasteiger partial charge in [0.25, 0.3) is 0 Å². The number of unbranched alkanes of at least 4 members (excludes halogenated alkanes) is 1.